The van der Waals surface area contributed by atoms with Crippen LogP contribution in [0.25, 0.3) is 0 Å². The van der Waals surface area contributed by atoms with Crippen molar-refractivity contribution in [2.75, 3.05) is 12.4 Å². The van der Waals surface area contributed by atoms with Crippen LogP contribution in [0.4, 0.5) is 5.82 Å². The number of nitrogens with one attached hydrogen (secondary N) is 1. The first-order valence-electron chi connectivity index (χ1n) is 6.66. The van der Waals surface area contributed by atoms with Crippen LogP contribution >= 0.6 is 0 Å². The third-order valence-electron chi connectivity index (χ3n) is 3.28. The van der Waals surface area contributed by atoms with Gasteiger partial charge in [0.25, 0.3) is 0 Å². The van der Waals surface area contributed by atoms with Gasteiger partial charge < -0.3 is 5.32 Å². The number of anilines is 1. The van der Waals surface area contributed by atoms with Crippen LogP contribution in [0, 0.1) is 5.92 Å². The van der Waals surface area contributed by atoms with Crippen molar-refractivity contribution in [3.05, 3.63) is 17.6 Å². The Morgan fingerprint density at radius 2 is 2.00 bits per heavy atom. The zero-order valence-corrected chi connectivity index (χ0v) is 11.3. The SMILES string of the molecule is CNc1cc(C2CC2)nc(C(C)CC(C)C)n1. The van der Waals surface area contributed by atoms with Crippen LogP contribution in [0.15, 0.2) is 6.07 Å². The van der Waals surface area contributed by atoms with Crippen molar-refractivity contribution >= 4 is 5.82 Å². The molecule has 1 aromatic rings. The molecule has 94 valence electrons. The first-order valence-corrected chi connectivity index (χ1v) is 6.66. The summed E-state index contributed by atoms with van der Waals surface area (Å²) in [6.07, 6.45) is 3.73. The van der Waals surface area contributed by atoms with Crippen LogP contribution < -0.4 is 5.32 Å². The monoisotopic (exact) mass is 233 g/mol. The molecule has 0 saturated heterocycles. The second-order valence-electron chi connectivity index (χ2n) is 5.59. The molecule has 1 aromatic heterocycles. The van der Waals surface area contributed by atoms with Gasteiger partial charge in [0.15, 0.2) is 0 Å². The van der Waals surface area contributed by atoms with Crippen molar-refractivity contribution in [1.29, 1.82) is 0 Å². The third kappa shape index (κ3) is 3.18. The maximum atomic E-state index is 4.75. The lowest BCUT2D eigenvalue weighted by Crippen LogP contribution is -2.08. The highest BCUT2D eigenvalue weighted by atomic mass is 15.0. The van der Waals surface area contributed by atoms with Gasteiger partial charge in [0.05, 0.1) is 0 Å². The minimum absolute atomic E-state index is 0.445. The van der Waals surface area contributed by atoms with E-state index in [1.807, 2.05) is 7.05 Å². The third-order valence-corrected chi connectivity index (χ3v) is 3.28. The molecule has 0 aromatic carbocycles. The standard InChI is InChI=1S/C14H23N3/c1-9(2)7-10(3)14-16-12(11-5-6-11)8-13(15-4)17-14/h8-11H,5-7H2,1-4H3,(H,15,16,17). The summed E-state index contributed by atoms with van der Waals surface area (Å²) in [6, 6.07) is 2.10. The average Bonchev–Trinajstić information content (AvgIpc) is 3.11. The Balaban J connectivity index is 2.22. The van der Waals surface area contributed by atoms with E-state index in [-0.39, 0.29) is 0 Å². The number of hydrogen-bond donors (Lipinski definition) is 1. The van der Waals surface area contributed by atoms with Crippen LogP contribution in [0.5, 0.6) is 0 Å². The average molecular weight is 233 g/mol. The number of nitrogens with zero attached hydrogens (tertiary/aromatic N) is 2. The molecule has 1 fully saturated rings. The molecular weight excluding hydrogens is 210 g/mol. The molecule has 0 bridgehead atoms. The molecule has 1 atom stereocenters. The molecule has 1 N–H and O–H groups in total. The van der Waals surface area contributed by atoms with Gasteiger partial charge in [-0.15, -0.1) is 0 Å². The van der Waals surface area contributed by atoms with E-state index in [4.69, 9.17) is 4.98 Å². The van der Waals surface area contributed by atoms with Gasteiger partial charge >= 0.3 is 0 Å². The van der Waals surface area contributed by atoms with E-state index in [0.29, 0.717) is 17.8 Å². The number of rotatable bonds is 5. The predicted octanol–water partition coefficient (Wildman–Crippen LogP) is 3.55. The Morgan fingerprint density at radius 1 is 1.29 bits per heavy atom. The van der Waals surface area contributed by atoms with E-state index in [0.717, 1.165) is 18.1 Å². The van der Waals surface area contributed by atoms with Crippen molar-refractivity contribution < 1.29 is 0 Å². The zero-order chi connectivity index (χ0) is 12.4. The second kappa shape index (κ2) is 5.03. The Kier molecular flexibility index (Phi) is 3.65. The van der Waals surface area contributed by atoms with Gasteiger partial charge in [-0.1, -0.05) is 20.8 Å². The van der Waals surface area contributed by atoms with Gasteiger partial charge in [-0.2, -0.15) is 0 Å². The minimum Gasteiger partial charge on any atom is -0.373 e. The number of aromatic nitrogens is 2. The molecule has 1 aliphatic rings. The van der Waals surface area contributed by atoms with Crippen molar-refractivity contribution in [2.24, 2.45) is 5.92 Å². The fraction of sp³-hybridized carbons (Fsp3) is 0.714. The summed E-state index contributed by atoms with van der Waals surface area (Å²) in [6.45, 7) is 6.73. The van der Waals surface area contributed by atoms with Crippen LogP contribution in [0.1, 0.15) is 63.4 Å². The topological polar surface area (TPSA) is 37.8 Å². The maximum absolute atomic E-state index is 4.75. The Morgan fingerprint density at radius 3 is 2.53 bits per heavy atom. The van der Waals surface area contributed by atoms with E-state index in [2.05, 4.69) is 37.1 Å². The highest BCUT2D eigenvalue weighted by Crippen LogP contribution is 2.40. The first-order chi connectivity index (χ1) is 8.10. The lowest BCUT2D eigenvalue weighted by molar-refractivity contribution is 0.506. The van der Waals surface area contributed by atoms with Gasteiger partial charge in [0.1, 0.15) is 11.6 Å². The Bertz CT molecular complexity index is 383. The molecule has 3 heteroatoms. The summed E-state index contributed by atoms with van der Waals surface area (Å²) < 4.78 is 0. The molecule has 0 aliphatic heterocycles. The van der Waals surface area contributed by atoms with Crippen molar-refractivity contribution in [3.63, 3.8) is 0 Å². The highest BCUT2D eigenvalue weighted by molar-refractivity contribution is 5.37. The molecular formula is C14H23N3. The fourth-order valence-corrected chi connectivity index (χ4v) is 2.23. The van der Waals surface area contributed by atoms with Crippen molar-refractivity contribution in [3.8, 4) is 0 Å². The predicted molar refractivity (Wildman–Crippen MR) is 71.4 cm³/mol. The fourth-order valence-electron chi connectivity index (χ4n) is 2.23. The smallest absolute Gasteiger partial charge is 0.133 e. The van der Waals surface area contributed by atoms with E-state index >= 15 is 0 Å². The van der Waals surface area contributed by atoms with Crippen LogP contribution in [0.2, 0.25) is 0 Å². The summed E-state index contributed by atoms with van der Waals surface area (Å²) in [5, 5.41) is 3.15. The highest BCUT2D eigenvalue weighted by Gasteiger charge is 2.26. The van der Waals surface area contributed by atoms with Crippen LogP contribution in [0.3, 0.4) is 0 Å². The number of hydrogen-bond acceptors (Lipinski definition) is 3. The summed E-state index contributed by atoms with van der Waals surface area (Å²) in [5.74, 6) is 3.80. The molecule has 0 radical (unpaired) electrons. The maximum Gasteiger partial charge on any atom is 0.133 e. The molecule has 0 spiro atoms. The lowest BCUT2D eigenvalue weighted by atomic mass is 9.98. The largest absolute Gasteiger partial charge is 0.373 e. The van der Waals surface area contributed by atoms with E-state index in [9.17, 15) is 0 Å². The summed E-state index contributed by atoms with van der Waals surface area (Å²) >= 11 is 0. The Hall–Kier alpha value is -1.12. The van der Waals surface area contributed by atoms with Crippen molar-refractivity contribution in [1.82, 2.24) is 9.97 Å². The molecule has 1 aliphatic carbocycles. The van der Waals surface area contributed by atoms with Gasteiger partial charge in [-0.3, -0.25) is 0 Å². The van der Waals surface area contributed by atoms with Gasteiger partial charge in [-0.25, -0.2) is 9.97 Å². The zero-order valence-electron chi connectivity index (χ0n) is 11.3. The molecule has 2 rings (SSSR count). The Labute approximate surface area is 104 Å². The normalized spacial score (nSPS) is 17.2. The molecule has 1 heterocycles. The second-order valence-corrected chi connectivity index (χ2v) is 5.59. The van der Waals surface area contributed by atoms with Gasteiger partial charge in [0.2, 0.25) is 0 Å². The van der Waals surface area contributed by atoms with Gasteiger partial charge in [0, 0.05) is 30.6 Å². The summed E-state index contributed by atoms with van der Waals surface area (Å²) in [7, 11) is 1.93. The minimum atomic E-state index is 0.445. The molecule has 0 amide bonds. The molecule has 1 unspecified atom stereocenters. The quantitative estimate of drug-likeness (QED) is 0.845. The van der Waals surface area contributed by atoms with Crippen LogP contribution in [-0.2, 0) is 0 Å². The van der Waals surface area contributed by atoms with E-state index in [1.165, 1.54) is 18.5 Å². The van der Waals surface area contributed by atoms with Crippen LogP contribution in [-0.4, -0.2) is 17.0 Å². The van der Waals surface area contributed by atoms with E-state index < -0.39 is 0 Å². The first kappa shape index (κ1) is 12.3. The summed E-state index contributed by atoms with van der Waals surface area (Å²) in [5.41, 5.74) is 1.23. The molecule has 17 heavy (non-hydrogen) atoms. The lowest BCUT2D eigenvalue weighted by Gasteiger charge is -2.15. The van der Waals surface area contributed by atoms with Crippen molar-refractivity contribution in [2.45, 2.75) is 51.9 Å². The molecule has 3 nitrogen and oxygen atoms in total. The molecule has 1 saturated carbocycles. The summed E-state index contributed by atoms with van der Waals surface area (Å²) in [4.78, 5) is 9.34. The van der Waals surface area contributed by atoms with E-state index in [1.54, 1.807) is 0 Å². The van der Waals surface area contributed by atoms with Gasteiger partial charge in [-0.05, 0) is 25.2 Å².